The Balaban J connectivity index is 1.46. The topological polar surface area (TPSA) is 66.8 Å². The highest BCUT2D eigenvalue weighted by molar-refractivity contribution is 6.50. The number of carbonyl (C=O) groups is 2. The Hall–Kier alpha value is -3.41. The molecule has 6 heteroatoms. The lowest BCUT2D eigenvalue weighted by Gasteiger charge is -2.28. The zero-order valence-electron chi connectivity index (χ0n) is 19.1. The molecule has 4 rings (SSSR count). The monoisotopic (exact) mass is 475 g/mol. The van der Waals surface area contributed by atoms with Gasteiger partial charge in [-0.1, -0.05) is 72.3 Å². The van der Waals surface area contributed by atoms with Crippen LogP contribution in [0.3, 0.4) is 0 Å². The molecule has 0 aliphatic heterocycles. The van der Waals surface area contributed by atoms with Crippen LogP contribution >= 0.6 is 11.6 Å². The molecule has 0 fully saturated rings. The van der Waals surface area contributed by atoms with Crippen molar-refractivity contribution in [1.82, 2.24) is 4.90 Å². The Morgan fingerprint density at radius 1 is 0.941 bits per heavy atom. The van der Waals surface area contributed by atoms with Crippen LogP contribution in [-0.4, -0.2) is 46.9 Å². The first-order valence-electron chi connectivity index (χ1n) is 11.2. The SMILES string of the molecule is CC(C)N(/C=C/C1=C(Cl)C(=O)c2ccccc2C1=O)CC(O)COc1cccc2ccccc12. The van der Waals surface area contributed by atoms with Crippen molar-refractivity contribution in [2.45, 2.75) is 26.0 Å². The van der Waals surface area contributed by atoms with Gasteiger partial charge in [0.1, 0.15) is 18.5 Å². The zero-order valence-corrected chi connectivity index (χ0v) is 19.8. The van der Waals surface area contributed by atoms with Crippen LogP contribution in [0.25, 0.3) is 10.8 Å². The molecule has 1 N–H and O–H groups in total. The maximum Gasteiger partial charge on any atom is 0.205 e. The summed E-state index contributed by atoms with van der Waals surface area (Å²) in [5.74, 6) is 0.0573. The Labute approximate surface area is 203 Å². The van der Waals surface area contributed by atoms with Crippen molar-refractivity contribution in [2.75, 3.05) is 13.2 Å². The standard InChI is InChI=1S/C28H26ClNO4/c1-18(2)30(15-14-24-26(29)28(33)23-12-6-5-11-22(23)27(24)32)16-20(31)17-34-25-13-7-9-19-8-3-4-10-21(19)25/h3-15,18,20,31H,16-17H2,1-2H3/b15-14+. The van der Waals surface area contributed by atoms with E-state index >= 15 is 0 Å². The van der Waals surface area contributed by atoms with Gasteiger partial charge in [-0.3, -0.25) is 9.59 Å². The summed E-state index contributed by atoms with van der Waals surface area (Å²) >= 11 is 6.26. The Kier molecular flexibility index (Phi) is 7.15. The number of ether oxygens (including phenoxy) is 1. The number of aliphatic hydroxyl groups excluding tert-OH is 1. The van der Waals surface area contributed by atoms with Gasteiger partial charge in [0.25, 0.3) is 0 Å². The molecule has 1 unspecified atom stereocenters. The third-order valence-corrected chi connectivity index (χ3v) is 6.17. The lowest BCUT2D eigenvalue weighted by atomic mass is 9.89. The van der Waals surface area contributed by atoms with E-state index in [1.165, 1.54) is 0 Å². The lowest BCUT2D eigenvalue weighted by Crippen LogP contribution is -2.36. The van der Waals surface area contributed by atoms with E-state index in [2.05, 4.69) is 0 Å². The Bertz CT molecular complexity index is 1290. The van der Waals surface area contributed by atoms with Gasteiger partial charge in [0.15, 0.2) is 5.78 Å². The number of carbonyl (C=O) groups excluding carboxylic acids is 2. The summed E-state index contributed by atoms with van der Waals surface area (Å²) < 4.78 is 5.91. The highest BCUT2D eigenvalue weighted by Gasteiger charge is 2.29. The minimum Gasteiger partial charge on any atom is -0.490 e. The maximum absolute atomic E-state index is 12.9. The second-order valence-electron chi connectivity index (χ2n) is 8.48. The number of benzene rings is 3. The van der Waals surface area contributed by atoms with Gasteiger partial charge in [0.2, 0.25) is 5.78 Å². The van der Waals surface area contributed by atoms with Crippen molar-refractivity contribution in [1.29, 1.82) is 0 Å². The van der Waals surface area contributed by atoms with Crippen molar-refractivity contribution < 1.29 is 19.4 Å². The molecule has 0 heterocycles. The maximum atomic E-state index is 12.9. The Morgan fingerprint density at radius 3 is 2.32 bits per heavy atom. The van der Waals surface area contributed by atoms with Crippen LogP contribution in [-0.2, 0) is 0 Å². The fourth-order valence-corrected chi connectivity index (χ4v) is 4.18. The number of fused-ring (bicyclic) bond motifs is 2. The van der Waals surface area contributed by atoms with E-state index in [1.807, 2.05) is 61.2 Å². The number of nitrogens with zero attached hydrogens (tertiary/aromatic N) is 1. The first kappa shape index (κ1) is 23.7. The van der Waals surface area contributed by atoms with Crippen LogP contribution in [0.2, 0.25) is 0 Å². The summed E-state index contributed by atoms with van der Waals surface area (Å²) in [5.41, 5.74) is 0.810. The van der Waals surface area contributed by atoms with Gasteiger partial charge >= 0.3 is 0 Å². The van der Waals surface area contributed by atoms with Crippen LogP contribution in [0.15, 0.2) is 89.6 Å². The molecule has 0 saturated heterocycles. The largest absolute Gasteiger partial charge is 0.490 e. The molecule has 0 saturated carbocycles. The number of hydrogen-bond donors (Lipinski definition) is 1. The molecule has 174 valence electrons. The zero-order chi connectivity index (χ0) is 24.2. The van der Waals surface area contributed by atoms with Gasteiger partial charge in [-0.2, -0.15) is 0 Å². The average Bonchev–Trinajstić information content (AvgIpc) is 2.85. The number of Topliss-reactive ketones (excluding diaryl/α,β-unsaturated/α-hetero) is 2. The van der Waals surface area contributed by atoms with Crippen LogP contribution in [0.5, 0.6) is 5.75 Å². The number of allylic oxidation sites excluding steroid dienone is 3. The minimum atomic E-state index is -0.778. The number of aliphatic hydroxyl groups is 1. The summed E-state index contributed by atoms with van der Waals surface area (Å²) in [4.78, 5) is 27.4. The van der Waals surface area contributed by atoms with Gasteiger partial charge in [-0.05, 0) is 31.4 Å². The second-order valence-corrected chi connectivity index (χ2v) is 8.86. The molecule has 1 aliphatic carbocycles. The smallest absolute Gasteiger partial charge is 0.205 e. The van der Waals surface area contributed by atoms with E-state index in [0.29, 0.717) is 16.9 Å². The summed E-state index contributed by atoms with van der Waals surface area (Å²) in [6, 6.07) is 20.4. The fourth-order valence-electron chi connectivity index (χ4n) is 3.93. The van der Waals surface area contributed by atoms with E-state index in [4.69, 9.17) is 16.3 Å². The van der Waals surface area contributed by atoms with Crippen molar-refractivity contribution in [3.05, 3.63) is 101 Å². The van der Waals surface area contributed by atoms with E-state index in [9.17, 15) is 14.7 Å². The van der Waals surface area contributed by atoms with E-state index in [-0.39, 0.29) is 41.4 Å². The first-order valence-corrected chi connectivity index (χ1v) is 11.6. The third kappa shape index (κ3) is 4.91. The van der Waals surface area contributed by atoms with Crippen LogP contribution < -0.4 is 4.74 Å². The quantitative estimate of drug-likeness (QED) is 0.474. The van der Waals surface area contributed by atoms with Crippen molar-refractivity contribution in [3.63, 3.8) is 0 Å². The van der Waals surface area contributed by atoms with Gasteiger partial charge in [0.05, 0.1) is 5.03 Å². The molecular weight excluding hydrogens is 450 g/mol. The molecule has 3 aromatic carbocycles. The molecule has 0 bridgehead atoms. The molecule has 0 amide bonds. The summed E-state index contributed by atoms with van der Waals surface area (Å²) in [5, 5.41) is 12.6. The lowest BCUT2D eigenvalue weighted by molar-refractivity contribution is 0.0752. The molecule has 5 nitrogen and oxygen atoms in total. The van der Waals surface area contributed by atoms with Gasteiger partial charge < -0.3 is 14.7 Å². The predicted molar refractivity (Wildman–Crippen MR) is 134 cm³/mol. The van der Waals surface area contributed by atoms with Crippen LogP contribution in [0.4, 0.5) is 0 Å². The summed E-state index contributed by atoms with van der Waals surface area (Å²) in [7, 11) is 0. The highest BCUT2D eigenvalue weighted by atomic mass is 35.5. The highest BCUT2D eigenvalue weighted by Crippen LogP contribution is 2.29. The second kappa shape index (κ2) is 10.2. The summed E-state index contributed by atoms with van der Waals surface area (Å²) in [6.45, 7) is 4.34. The van der Waals surface area contributed by atoms with Gasteiger partial charge in [-0.15, -0.1) is 0 Å². The normalized spacial score (nSPS) is 14.7. The molecule has 1 aliphatic rings. The molecule has 0 spiro atoms. The van der Waals surface area contributed by atoms with Crippen molar-refractivity contribution >= 4 is 33.9 Å². The van der Waals surface area contributed by atoms with Crippen molar-refractivity contribution in [3.8, 4) is 5.75 Å². The van der Waals surface area contributed by atoms with Crippen LogP contribution in [0, 0.1) is 0 Å². The number of hydrogen-bond acceptors (Lipinski definition) is 5. The average molecular weight is 476 g/mol. The molecule has 34 heavy (non-hydrogen) atoms. The Morgan fingerprint density at radius 2 is 1.59 bits per heavy atom. The minimum absolute atomic E-state index is 0.0320. The van der Waals surface area contributed by atoms with E-state index in [0.717, 1.165) is 10.8 Å². The molecular formula is C28H26ClNO4. The fraction of sp³-hybridized carbons (Fsp3) is 0.214. The number of halogens is 1. The number of rotatable bonds is 8. The van der Waals surface area contributed by atoms with Crippen LogP contribution in [0.1, 0.15) is 34.6 Å². The van der Waals surface area contributed by atoms with Gasteiger partial charge in [0, 0.05) is 40.9 Å². The molecule has 3 aromatic rings. The van der Waals surface area contributed by atoms with Crippen molar-refractivity contribution in [2.24, 2.45) is 0 Å². The molecule has 1 atom stereocenters. The van der Waals surface area contributed by atoms with E-state index in [1.54, 1.807) is 36.5 Å². The van der Waals surface area contributed by atoms with E-state index < -0.39 is 6.10 Å². The molecule has 0 aromatic heterocycles. The molecule has 0 radical (unpaired) electrons. The predicted octanol–water partition coefficient (Wildman–Crippen LogP) is 5.38. The number of ketones is 2. The third-order valence-electron chi connectivity index (χ3n) is 5.80. The first-order chi connectivity index (χ1) is 16.4. The summed E-state index contributed by atoms with van der Waals surface area (Å²) in [6.07, 6.45) is 2.47. The van der Waals surface area contributed by atoms with Gasteiger partial charge in [-0.25, -0.2) is 0 Å².